The van der Waals surface area contributed by atoms with Crippen LogP contribution in [0, 0.1) is 20.2 Å². The minimum Gasteiger partial charge on any atom is -0.456 e. The molecule has 52 heavy (non-hydrogen) atoms. The number of hydrogen-bond donors (Lipinski definition) is 0. The molecule has 18 heteroatoms. The molecule has 0 fully saturated rings. The van der Waals surface area contributed by atoms with Crippen molar-refractivity contribution >= 4 is 56.2 Å². The fourth-order valence-electron chi connectivity index (χ4n) is 4.87. The number of ether oxygens (including phenoxy) is 2. The van der Waals surface area contributed by atoms with Crippen LogP contribution in [0.3, 0.4) is 0 Å². The van der Waals surface area contributed by atoms with Crippen molar-refractivity contribution in [1.29, 1.82) is 0 Å². The molecule has 0 heterocycles. The Morgan fingerprint density at radius 3 is 1.23 bits per heavy atom. The Morgan fingerprint density at radius 1 is 0.596 bits per heavy atom. The van der Waals surface area contributed by atoms with Crippen LogP contribution in [-0.2, 0) is 25.2 Å². The Balaban J connectivity index is 1.50. The van der Waals surface area contributed by atoms with Crippen LogP contribution in [0.4, 0.5) is 37.7 Å². The maximum Gasteiger partial charge on any atom is 0.416 e. The first-order chi connectivity index (χ1) is 23.9. The highest BCUT2D eigenvalue weighted by Crippen LogP contribution is 2.48. The van der Waals surface area contributed by atoms with Crippen LogP contribution in [0.1, 0.15) is 49.9 Å². The van der Waals surface area contributed by atoms with Gasteiger partial charge in [0.25, 0.3) is 11.4 Å². The lowest BCUT2D eigenvalue weighted by atomic mass is 10.00. The minimum atomic E-state index is -4.61. The van der Waals surface area contributed by atoms with Crippen molar-refractivity contribution in [3.05, 3.63) is 125 Å². The quantitative estimate of drug-likeness (QED) is 0.0569. The number of nitro benzene ring substituents is 2. The van der Waals surface area contributed by atoms with Gasteiger partial charge in [-0.3, -0.25) is 20.2 Å². The van der Waals surface area contributed by atoms with Crippen LogP contribution in [0.5, 0.6) is 23.0 Å². The summed E-state index contributed by atoms with van der Waals surface area (Å²) in [6.07, 6.45) is -8.93. The van der Waals surface area contributed by atoms with Crippen molar-refractivity contribution in [2.45, 2.75) is 62.4 Å². The standard InChI is InChI=1S/C34H28Cl2F6N2O6S2/c1-31(2,17-19-13-23(7-9-27(19)43(45)46)49-29-11-5-21(15-25(29)35)33(37,38)39)51-52-32(3,4)18-20-14-24(8-10-28(20)44(47)48)50-30-12-6-22(16-26(30)36)34(40,41)42/h5-16H,17-18H2,1-4H3. The van der Waals surface area contributed by atoms with E-state index >= 15 is 0 Å². The summed E-state index contributed by atoms with van der Waals surface area (Å²) in [5.41, 5.74) is -1.78. The molecule has 0 aliphatic carbocycles. The molecular weight excluding hydrogens is 781 g/mol. The molecule has 4 aromatic carbocycles. The summed E-state index contributed by atoms with van der Waals surface area (Å²) in [6.45, 7) is 7.37. The normalized spacial score (nSPS) is 12.5. The van der Waals surface area contributed by atoms with Crippen molar-refractivity contribution in [3.8, 4) is 23.0 Å². The largest absolute Gasteiger partial charge is 0.456 e. The molecule has 0 unspecified atom stereocenters. The predicted molar refractivity (Wildman–Crippen MR) is 190 cm³/mol. The van der Waals surface area contributed by atoms with Gasteiger partial charge < -0.3 is 9.47 Å². The van der Waals surface area contributed by atoms with E-state index in [0.717, 1.165) is 24.3 Å². The van der Waals surface area contributed by atoms with Gasteiger partial charge in [0.15, 0.2) is 0 Å². The van der Waals surface area contributed by atoms with Crippen molar-refractivity contribution in [3.63, 3.8) is 0 Å². The summed E-state index contributed by atoms with van der Waals surface area (Å²) in [5, 5.41) is 23.2. The van der Waals surface area contributed by atoms with Crippen LogP contribution in [-0.4, -0.2) is 19.3 Å². The van der Waals surface area contributed by atoms with Gasteiger partial charge in [0.05, 0.1) is 31.0 Å². The van der Waals surface area contributed by atoms with E-state index in [1.807, 2.05) is 27.7 Å². The second-order valence-electron chi connectivity index (χ2n) is 12.6. The lowest BCUT2D eigenvalue weighted by Gasteiger charge is -2.30. The molecule has 0 saturated heterocycles. The molecule has 4 aromatic rings. The molecular formula is C34H28Cl2F6N2O6S2. The molecule has 0 saturated carbocycles. The molecule has 0 amide bonds. The number of alkyl halides is 6. The van der Waals surface area contributed by atoms with Gasteiger partial charge in [-0.15, -0.1) is 0 Å². The third-order valence-corrected chi connectivity index (χ3v) is 12.0. The first kappa shape index (κ1) is 40.9. The molecule has 8 nitrogen and oxygen atoms in total. The van der Waals surface area contributed by atoms with Gasteiger partial charge >= 0.3 is 12.4 Å². The summed E-state index contributed by atoms with van der Waals surface area (Å²) in [4.78, 5) is 22.7. The van der Waals surface area contributed by atoms with Gasteiger partial charge in [0, 0.05) is 32.8 Å². The summed E-state index contributed by atoms with van der Waals surface area (Å²) >= 11 is 12.1. The average Bonchev–Trinajstić information content (AvgIpc) is 3.01. The van der Waals surface area contributed by atoms with Gasteiger partial charge in [0.2, 0.25) is 0 Å². The first-order valence-corrected chi connectivity index (χ1v) is 17.9. The van der Waals surface area contributed by atoms with E-state index in [1.54, 1.807) is 0 Å². The van der Waals surface area contributed by atoms with E-state index in [4.69, 9.17) is 32.7 Å². The fraction of sp³-hybridized carbons (Fsp3) is 0.294. The smallest absolute Gasteiger partial charge is 0.416 e. The summed E-state index contributed by atoms with van der Waals surface area (Å²) in [7, 11) is 2.76. The topological polar surface area (TPSA) is 105 Å². The van der Waals surface area contributed by atoms with Crippen LogP contribution in [0.15, 0.2) is 72.8 Å². The summed E-state index contributed by atoms with van der Waals surface area (Å²) < 4.78 is 88.4. The highest BCUT2D eigenvalue weighted by Gasteiger charge is 2.34. The lowest BCUT2D eigenvalue weighted by molar-refractivity contribution is -0.385. The maximum atomic E-state index is 13.1. The molecule has 0 atom stereocenters. The monoisotopic (exact) mass is 808 g/mol. The minimum absolute atomic E-state index is 0.0774. The van der Waals surface area contributed by atoms with E-state index in [9.17, 15) is 46.6 Å². The fourth-order valence-corrected chi connectivity index (χ4v) is 7.89. The van der Waals surface area contributed by atoms with Crippen LogP contribution in [0.2, 0.25) is 10.0 Å². The zero-order valence-corrected chi connectivity index (χ0v) is 30.7. The van der Waals surface area contributed by atoms with Crippen molar-refractivity contribution in [1.82, 2.24) is 0 Å². The molecule has 278 valence electrons. The highest BCUT2D eigenvalue weighted by molar-refractivity contribution is 8.77. The first-order valence-electron chi connectivity index (χ1n) is 14.9. The van der Waals surface area contributed by atoms with Crippen LogP contribution >= 0.6 is 44.8 Å². The molecule has 0 bridgehead atoms. The molecule has 0 radical (unpaired) electrons. The third-order valence-electron chi connectivity index (χ3n) is 7.19. The number of hydrogen-bond acceptors (Lipinski definition) is 8. The Labute approximate surface area is 311 Å². The van der Waals surface area contributed by atoms with Gasteiger partial charge in [-0.2, -0.15) is 26.3 Å². The Kier molecular flexibility index (Phi) is 12.3. The number of benzene rings is 4. The average molecular weight is 810 g/mol. The zero-order valence-electron chi connectivity index (χ0n) is 27.5. The van der Waals surface area contributed by atoms with E-state index in [2.05, 4.69) is 0 Å². The van der Waals surface area contributed by atoms with E-state index < -0.39 is 42.8 Å². The van der Waals surface area contributed by atoms with E-state index in [1.165, 1.54) is 58.0 Å². The summed E-state index contributed by atoms with van der Waals surface area (Å²) in [5.74, 6) is 0.0731. The van der Waals surface area contributed by atoms with Crippen molar-refractivity contribution in [2.24, 2.45) is 0 Å². The lowest BCUT2D eigenvalue weighted by Crippen LogP contribution is -2.23. The third kappa shape index (κ3) is 10.8. The maximum absolute atomic E-state index is 13.1. The zero-order chi connectivity index (χ0) is 38.8. The predicted octanol–water partition coefficient (Wildman–Crippen LogP) is 13.2. The second-order valence-corrected chi connectivity index (χ2v) is 17.0. The second kappa shape index (κ2) is 15.6. The number of rotatable bonds is 13. The van der Waals surface area contributed by atoms with Gasteiger partial charge in [-0.05, 0) is 101 Å². The SMILES string of the molecule is CC(C)(Cc1cc(Oc2ccc(C(F)(F)F)cc2Cl)ccc1[N+](=O)[O-])SSC(C)(C)Cc1cc(Oc2ccc(C(F)(F)F)cc2Cl)ccc1[N+](=O)[O-]. The number of nitro groups is 2. The van der Waals surface area contributed by atoms with Gasteiger partial charge in [-0.1, -0.05) is 44.8 Å². The Bertz CT molecular complexity index is 1850. The highest BCUT2D eigenvalue weighted by atomic mass is 35.5. The molecule has 0 aliphatic heterocycles. The molecule has 0 aromatic heterocycles. The van der Waals surface area contributed by atoms with Gasteiger partial charge in [-0.25, -0.2) is 0 Å². The van der Waals surface area contributed by atoms with Crippen LogP contribution in [0.25, 0.3) is 0 Å². The Hall–Kier alpha value is -3.86. The van der Waals surface area contributed by atoms with Crippen molar-refractivity contribution in [2.75, 3.05) is 0 Å². The van der Waals surface area contributed by atoms with Gasteiger partial charge in [0.1, 0.15) is 23.0 Å². The summed E-state index contributed by atoms with van der Waals surface area (Å²) in [6, 6.07) is 13.1. The molecule has 0 N–H and O–H groups in total. The molecule has 4 rings (SSSR count). The molecule has 0 aliphatic rings. The van der Waals surface area contributed by atoms with Crippen LogP contribution < -0.4 is 9.47 Å². The van der Waals surface area contributed by atoms with E-state index in [-0.39, 0.29) is 68.4 Å². The van der Waals surface area contributed by atoms with Crippen molar-refractivity contribution < 1.29 is 45.7 Å². The number of halogens is 8. The van der Waals surface area contributed by atoms with E-state index in [0.29, 0.717) is 12.1 Å². The Morgan fingerprint density at radius 2 is 0.942 bits per heavy atom. The number of nitrogens with zero attached hydrogens (tertiary/aromatic N) is 2. The molecule has 0 spiro atoms.